The van der Waals surface area contributed by atoms with E-state index in [1.807, 2.05) is 30.1 Å². The minimum Gasteiger partial charge on any atom is -0.494 e. The number of hydrogen-bond donors (Lipinski definition) is 1. The average Bonchev–Trinajstić information content (AvgIpc) is 3.38. The SMILES string of the molecule is COc1cc(C(=O)N2CC3CCC2[C@@H]3N)cc2nc(-c3cc4cccc(C5CN(C(=O)CC#N)C5)c4n3CC3CC3)n(C)c12. The monoisotopic (exact) mass is 591 g/mol. The molecule has 0 radical (unpaired) electrons. The van der Waals surface area contributed by atoms with Gasteiger partial charge in [-0.05, 0) is 61.3 Å². The van der Waals surface area contributed by atoms with Crippen molar-refractivity contribution in [3.05, 3.63) is 47.5 Å². The van der Waals surface area contributed by atoms with Gasteiger partial charge in [-0.15, -0.1) is 0 Å². The Morgan fingerprint density at radius 2 is 1.91 bits per heavy atom. The molecule has 4 aliphatic rings. The molecule has 2 aromatic heterocycles. The first-order valence-corrected chi connectivity index (χ1v) is 15.7. The van der Waals surface area contributed by atoms with Gasteiger partial charge in [0.1, 0.15) is 17.7 Å². The maximum atomic E-state index is 13.7. The van der Waals surface area contributed by atoms with Crippen molar-refractivity contribution >= 4 is 33.8 Å². The van der Waals surface area contributed by atoms with Crippen LogP contribution in [0.1, 0.15) is 53.9 Å². The van der Waals surface area contributed by atoms with E-state index in [-0.39, 0.29) is 36.2 Å². The largest absolute Gasteiger partial charge is 0.494 e. The normalized spacial score (nSPS) is 23.0. The number of amides is 2. The Morgan fingerprint density at radius 3 is 2.59 bits per heavy atom. The van der Waals surface area contributed by atoms with Crippen LogP contribution in [0.3, 0.4) is 0 Å². The number of ether oxygens (including phenoxy) is 1. The molecule has 4 aromatic rings. The van der Waals surface area contributed by atoms with Gasteiger partial charge in [-0.25, -0.2) is 4.98 Å². The van der Waals surface area contributed by atoms with E-state index >= 15 is 0 Å². The number of para-hydroxylation sites is 1. The van der Waals surface area contributed by atoms with E-state index in [0.717, 1.165) is 47.3 Å². The number of imidazole rings is 1. The summed E-state index contributed by atoms with van der Waals surface area (Å²) in [5.74, 6) is 2.59. The molecule has 3 atom stereocenters. The van der Waals surface area contributed by atoms with Crippen LogP contribution in [-0.2, 0) is 18.4 Å². The molecule has 10 nitrogen and oxygen atoms in total. The Hall–Kier alpha value is -4.36. The lowest BCUT2D eigenvalue weighted by molar-refractivity contribution is -0.134. The van der Waals surface area contributed by atoms with Crippen molar-refractivity contribution in [2.75, 3.05) is 26.7 Å². The number of piperidine rings is 1. The lowest BCUT2D eigenvalue weighted by Gasteiger charge is -2.39. The van der Waals surface area contributed by atoms with Crippen molar-refractivity contribution in [3.8, 4) is 23.3 Å². The number of benzene rings is 2. The van der Waals surface area contributed by atoms with Crippen LogP contribution in [0.25, 0.3) is 33.5 Å². The lowest BCUT2D eigenvalue weighted by atomic mass is 9.89. The molecule has 2 saturated carbocycles. The number of nitrogens with two attached hydrogens (primary N) is 1. The summed E-state index contributed by atoms with van der Waals surface area (Å²) in [4.78, 5) is 34.9. The topological polar surface area (TPSA) is 122 Å². The molecular formula is C34H37N7O3. The molecule has 4 fully saturated rings. The maximum absolute atomic E-state index is 13.7. The van der Waals surface area contributed by atoms with Gasteiger partial charge < -0.3 is 29.4 Å². The summed E-state index contributed by atoms with van der Waals surface area (Å²) >= 11 is 0. The number of rotatable bonds is 7. The van der Waals surface area contributed by atoms with Gasteiger partial charge >= 0.3 is 0 Å². The molecule has 2 saturated heterocycles. The van der Waals surface area contributed by atoms with E-state index in [9.17, 15) is 9.59 Å². The van der Waals surface area contributed by atoms with Crippen molar-refractivity contribution in [1.82, 2.24) is 23.9 Å². The number of carbonyl (C=O) groups excluding carboxylic acids is 2. The molecular weight excluding hydrogens is 554 g/mol. The van der Waals surface area contributed by atoms with Crippen LogP contribution in [0.2, 0.25) is 0 Å². The van der Waals surface area contributed by atoms with Gasteiger partial charge in [0.15, 0.2) is 5.82 Å². The van der Waals surface area contributed by atoms with Crippen LogP contribution in [-0.4, -0.2) is 74.6 Å². The zero-order chi connectivity index (χ0) is 30.3. The van der Waals surface area contributed by atoms with Gasteiger partial charge in [-0.1, -0.05) is 18.2 Å². The van der Waals surface area contributed by atoms with Gasteiger partial charge in [0.25, 0.3) is 5.91 Å². The Morgan fingerprint density at radius 1 is 1.09 bits per heavy atom. The van der Waals surface area contributed by atoms with Crippen molar-refractivity contribution < 1.29 is 14.3 Å². The summed E-state index contributed by atoms with van der Waals surface area (Å²) in [5, 5.41) is 10.1. The standard InChI is InChI=1S/C34H37N7O3/c1-38-32-25(12-22(14-28(32)44-2)34(43)41-18-21-8-9-26(41)30(21)36)37-33(38)27-13-20-4-3-5-24(31(20)40(27)15-19-6-7-19)23-16-39(17-23)29(42)10-11-35/h3-5,12-14,19,21,23,26,30H,6-10,15-18,36H2,1-2H3/t21?,26?,30-/m1/s1. The summed E-state index contributed by atoms with van der Waals surface area (Å²) in [6, 6.07) is 14.5. The van der Waals surface area contributed by atoms with Gasteiger partial charge in [-0.2, -0.15) is 5.26 Å². The number of aromatic nitrogens is 3. The highest BCUT2D eigenvalue weighted by Crippen LogP contribution is 2.42. The zero-order valence-electron chi connectivity index (χ0n) is 25.2. The summed E-state index contributed by atoms with van der Waals surface area (Å²) in [6.07, 6.45) is 4.41. The first-order chi connectivity index (χ1) is 21.4. The minimum atomic E-state index is -0.100. The molecule has 8 rings (SSSR count). The van der Waals surface area contributed by atoms with E-state index in [1.54, 1.807) is 12.0 Å². The summed E-state index contributed by atoms with van der Waals surface area (Å²) in [6.45, 7) is 2.88. The van der Waals surface area contributed by atoms with Gasteiger partial charge in [0.2, 0.25) is 5.91 Å². The van der Waals surface area contributed by atoms with E-state index in [2.05, 4.69) is 33.4 Å². The second-order valence-corrected chi connectivity index (χ2v) is 13.2. The molecule has 2 aliphatic heterocycles. The fourth-order valence-electron chi connectivity index (χ4n) is 7.94. The molecule has 0 spiro atoms. The highest BCUT2D eigenvalue weighted by Gasteiger charge is 2.47. The molecule has 2 N–H and O–H groups in total. The van der Waals surface area contributed by atoms with Crippen LogP contribution in [0.15, 0.2) is 36.4 Å². The minimum absolute atomic E-state index is 0.00432. The van der Waals surface area contributed by atoms with Gasteiger partial charge in [0, 0.05) is 62.2 Å². The number of nitriles is 1. The number of methoxy groups -OCH3 is 1. The highest BCUT2D eigenvalue weighted by atomic mass is 16.5. The third kappa shape index (κ3) is 4.13. The molecule has 2 amide bonds. The third-order valence-electron chi connectivity index (χ3n) is 10.5. The third-order valence-corrected chi connectivity index (χ3v) is 10.5. The molecule has 4 heterocycles. The van der Waals surface area contributed by atoms with Gasteiger partial charge in [0.05, 0.1) is 29.9 Å². The van der Waals surface area contributed by atoms with Crippen LogP contribution in [0.4, 0.5) is 0 Å². The Labute approximate surface area is 256 Å². The smallest absolute Gasteiger partial charge is 0.254 e. The Kier molecular flexibility index (Phi) is 6.24. The van der Waals surface area contributed by atoms with Crippen LogP contribution in [0, 0.1) is 23.2 Å². The first kappa shape index (κ1) is 27.2. The molecule has 2 unspecified atom stereocenters. The van der Waals surface area contributed by atoms with Crippen molar-refractivity contribution in [1.29, 1.82) is 5.26 Å². The molecule has 2 aliphatic carbocycles. The second kappa shape index (κ2) is 10.1. The predicted octanol–water partition coefficient (Wildman–Crippen LogP) is 4.01. The molecule has 2 bridgehead atoms. The number of aryl methyl sites for hydroxylation is 1. The van der Waals surface area contributed by atoms with Crippen LogP contribution >= 0.6 is 0 Å². The van der Waals surface area contributed by atoms with Crippen molar-refractivity contribution in [3.63, 3.8) is 0 Å². The van der Waals surface area contributed by atoms with Crippen molar-refractivity contribution in [2.45, 2.75) is 56.7 Å². The number of nitrogens with zero attached hydrogens (tertiary/aromatic N) is 6. The van der Waals surface area contributed by atoms with Gasteiger partial charge in [-0.3, -0.25) is 9.59 Å². The quantitative estimate of drug-likeness (QED) is 0.347. The number of likely N-dealkylation sites (tertiary alicyclic amines) is 2. The lowest BCUT2D eigenvalue weighted by Crippen LogP contribution is -2.48. The van der Waals surface area contributed by atoms with Crippen molar-refractivity contribution in [2.24, 2.45) is 24.6 Å². The molecule has 10 heteroatoms. The highest BCUT2D eigenvalue weighted by molar-refractivity contribution is 6.00. The number of fused-ring (bicyclic) bond motifs is 4. The average molecular weight is 592 g/mol. The predicted molar refractivity (Wildman–Crippen MR) is 166 cm³/mol. The fraction of sp³-hybridized carbons (Fsp3) is 0.471. The summed E-state index contributed by atoms with van der Waals surface area (Å²) in [7, 11) is 3.65. The van der Waals surface area contributed by atoms with E-state index in [0.29, 0.717) is 42.8 Å². The molecule has 2 aromatic carbocycles. The number of hydrogen-bond acceptors (Lipinski definition) is 6. The van der Waals surface area contributed by atoms with Crippen LogP contribution in [0.5, 0.6) is 5.75 Å². The Balaban J connectivity index is 1.20. The first-order valence-electron chi connectivity index (χ1n) is 15.7. The van der Waals surface area contributed by atoms with E-state index in [4.69, 9.17) is 20.7 Å². The second-order valence-electron chi connectivity index (χ2n) is 13.2. The molecule has 44 heavy (non-hydrogen) atoms. The molecule has 226 valence electrons. The number of carbonyl (C=O) groups is 2. The fourth-order valence-corrected chi connectivity index (χ4v) is 7.94. The zero-order valence-corrected chi connectivity index (χ0v) is 25.2. The van der Waals surface area contributed by atoms with E-state index < -0.39 is 0 Å². The summed E-state index contributed by atoms with van der Waals surface area (Å²) in [5.41, 5.74) is 12.1. The van der Waals surface area contributed by atoms with Crippen LogP contribution < -0.4 is 10.5 Å². The van der Waals surface area contributed by atoms with E-state index in [1.165, 1.54) is 23.9 Å². The Bertz CT molecular complexity index is 1870. The summed E-state index contributed by atoms with van der Waals surface area (Å²) < 4.78 is 10.4. The maximum Gasteiger partial charge on any atom is 0.254 e.